The third kappa shape index (κ3) is 6.35. The van der Waals surface area contributed by atoms with Gasteiger partial charge in [0.25, 0.3) is 11.6 Å². The normalized spacial score (nSPS) is 11.7. The highest BCUT2D eigenvalue weighted by Crippen LogP contribution is 2.15. The molecule has 0 saturated carbocycles. The van der Waals surface area contributed by atoms with Gasteiger partial charge in [-0.15, -0.1) is 0 Å². The second-order valence-electron chi connectivity index (χ2n) is 6.70. The van der Waals surface area contributed by atoms with Crippen LogP contribution in [0.25, 0.3) is 0 Å². The smallest absolute Gasteiger partial charge is 0.328 e. The third-order valence-corrected chi connectivity index (χ3v) is 4.16. The van der Waals surface area contributed by atoms with Crippen molar-refractivity contribution in [1.29, 1.82) is 0 Å². The molecule has 2 aromatic carbocycles. The van der Waals surface area contributed by atoms with Crippen molar-refractivity contribution in [2.45, 2.75) is 32.9 Å². The fraction of sp³-hybridized carbons (Fsp3) is 0.300. The second kappa shape index (κ2) is 9.85. The van der Waals surface area contributed by atoms with Crippen LogP contribution in [-0.2, 0) is 16.1 Å². The molecule has 1 unspecified atom stereocenters. The number of halogens is 1. The summed E-state index contributed by atoms with van der Waals surface area (Å²) in [4.78, 5) is 35.2. The summed E-state index contributed by atoms with van der Waals surface area (Å²) >= 11 is 5.82. The van der Waals surface area contributed by atoms with Crippen molar-refractivity contribution in [2.24, 2.45) is 5.92 Å². The van der Waals surface area contributed by atoms with Gasteiger partial charge < -0.3 is 10.1 Å². The van der Waals surface area contributed by atoms with E-state index in [0.29, 0.717) is 22.6 Å². The lowest BCUT2D eigenvalue weighted by atomic mass is 10.0. The number of non-ortho nitro benzene ring substituents is 1. The number of nitrogens with one attached hydrogen (secondary N) is 1. The average molecular weight is 405 g/mol. The summed E-state index contributed by atoms with van der Waals surface area (Å²) in [6.45, 7) is 3.73. The SMILES string of the molecule is CC(C)CC(NC(=O)c1ccc(Cl)cc1)C(=O)OCc1cccc([N+](=O)[O-])c1. The summed E-state index contributed by atoms with van der Waals surface area (Å²) < 4.78 is 5.28. The molecule has 0 aliphatic rings. The molecule has 0 radical (unpaired) electrons. The molecule has 0 heterocycles. The van der Waals surface area contributed by atoms with Crippen molar-refractivity contribution in [3.05, 3.63) is 74.8 Å². The minimum atomic E-state index is -0.832. The van der Waals surface area contributed by atoms with Gasteiger partial charge in [-0.2, -0.15) is 0 Å². The molecule has 0 aliphatic heterocycles. The Morgan fingerprint density at radius 1 is 1.18 bits per heavy atom. The number of benzene rings is 2. The van der Waals surface area contributed by atoms with E-state index >= 15 is 0 Å². The van der Waals surface area contributed by atoms with Gasteiger partial charge in [0.2, 0.25) is 0 Å². The van der Waals surface area contributed by atoms with Crippen molar-refractivity contribution in [3.8, 4) is 0 Å². The number of rotatable bonds is 8. The highest BCUT2D eigenvalue weighted by Gasteiger charge is 2.24. The van der Waals surface area contributed by atoms with E-state index in [0.717, 1.165) is 0 Å². The summed E-state index contributed by atoms with van der Waals surface area (Å²) in [6, 6.07) is 11.3. The maximum absolute atomic E-state index is 12.5. The van der Waals surface area contributed by atoms with Gasteiger partial charge in [-0.3, -0.25) is 14.9 Å². The maximum atomic E-state index is 12.5. The Labute approximate surface area is 167 Å². The Morgan fingerprint density at radius 3 is 2.46 bits per heavy atom. The van der Waals surface area contributed by atoms with Crippen LogP contribution in [0.3, 0.4) is 0 Å². The summed E-state index contributed by atoms with van der Waals surface area (Å²) in [5.41, 5.74) is 0.794. The first-order valence-electron chi connectivity index (χ1n) is 8.72. The molecule has 1 amide bonds. The van der Waals surface area contributed by atoms with Crippen LogP contribution < -0.4 is 5.32 Å². The molecule has 2 aromatic rings. The summed E-state index contributed by atoms with van der Waals surface area (Å²) in [6.07, 6.45) is 0.396. The van der Waals surface area contributed by atoms with Crippen molar-refractivity contribution in [1.82, 2.24) is 5.32 Å². The number of amides is 1. The third-order valence-electron chi connectivity index (χ3n) is 3.91. The van der Waals surface area contributed by atoms with Crippen molar-refractivity contribution in [2.75, 3.05) is 0 Å². The topological polar surface area (TPSA) is 98.5 Å². The zero-order chi connectivity index (χ0) is 20.7. The van der Waals surface area contributed by atoms with Crippen molar-refractivity contribution < 1.29 is 19.2 Å². The standard InChI is InChI=1S/C20H21ClN2O5/c1-13(2)10-18(22-19(24)15-6-8-16(21)9-7-15)20(25)28-12-14-4-3-5-17(11-14)23(26)27/h3-9,11,13,18H,10,12H2,1-2H3,(H,22,24). The van der Waals surface area contributed by atoms with Gasteiger partial charge in [-0.25, -0.2) is 4.79 Å². The number of carbonyl (C=O) groups is 2. The zero-order valence-corrected chi connectivity index (χ0v) is 16.3. The highest BCUT2D eigenvalue weighted by atomic mass is 35.5. The Hall–Kier alpha value is -2.93. The van der Waals surface area contributed by atoms with E-state index in [1.807, 2.05) is 13.8 Å². The molecule has 1 N–H and O–H groups in total. The van der Waals surface area contributed by atoms with E-state index in [-0.39, 0.29) is 18.2 Å². The van der Waals surface area contributed by atoms with Gasteiger partial charge in [0.05, 0.1) is 4.92 Å². The largest absolute Gasteiger partial charge is 0.459 e. The predicted octanol–water partition coefficient (Wildman–Crippen LogP) is 4.14. The Bertz CT molecular complexity index is 852. The van der Waals surface area contributed by atoms with Gasteiger partial charge in [0, 0.05) is 22.7 Å². The van der Waals surface area contributed by atoms with Crippen molar-refractivity contribution in [3.63, 3.8) is 0 Å². The van der Waals surface area contributed by atoms with Gasteiger partial charge in [0.15, 0.2) is 0 Å². The molecule has 8 heteroatoms. The van der Waals surface area contributed by atoms with Gasteiger partial charge in [-0.05, 0) is 42.2 Å². The minimum absolute atomic E-state index is 0.0803. The highest BCUT2D eigenvalue weighted by molar-refractivity contribution is 6.30. The number of ether oxygens (including phenoxy) is 1. The predicted molar refractivity (Wildman–Crippen MR) is 105 cm³/mol. The number of nitro benzene ring substituents is 1. The molecule has 28 heavy (non-hydrogen) atoms. The Kier molecular flexibility index (Phi) is 7.52. The lowest BCUT2D eigenvalue weighted by Gasteiger charge is -2.19. The van der Waals surface area contributed by atoms with Gasteiger partial charge in [-0.1, -0.05) is 37.6 Å². The van der Waals surface area contributed by atoms with Crippen LogP contribution >= 0.6 is 11.6 Å². The monoisotopic (exact) mass is 404 g/mol. The number of hydrogen-bond acceptors (Lipinski definition) is 5. The fourth-order valence-electron chi connectivity index (χ4n) is 2.54. The summed E-state index contributed by atoms with van der Waals surface area (Å²) in [5, 5.41) is 14.0. The zero-order valence-electron chi connectivity index (χ0n) is 15.6. The number of carbonyl (C=O) groups excluding carboxylic acids is 2. The lowest BCUT2D eigenvalue weighted by Crippen LogP contribution is -2.42. The van der Waals surface area contributed by atoms with E-state index in [9.17, 15) is 19.7 Å². The van der Waals surface area contributed by atoms with Crippen LogP contribution in [0.5, 0.6) is 0 Å². The van der Waals surface area contributed by atoms with Crippen LogP contribution in [0.1, 0.15) is 36.2 Å². The van der Waals surface area contributed by atoms with Crippen LogP contribution in [0, 0.1) is 16.0 Å². The van der Waals surface area contributed by atoms with E-state index in [4.69, 9.17) is 16.3 Å². The number of nitro groups is 1. The molecule has 7 nitrogen and oxygen atoms in total. The van der Waals surface area contributed by atoms with Crippen LogP contribution in [0.15, 0.2) is 48.5 Å². The Balaban J connectivity index is 2.04. The molecule has 0 aromatic heterocycles. The van der Waals surface area contributed by atoms with Crippen LogP contribution in [0.4, 0.5) is 5.69 Å². The molecular weight excluding hydrogens is 384 g/mol. The molecule has 0 aliphatic carbocycles. The summed E-state index contributed by atoms with van der Waals surface area (Å²) in [7, 11) is 0. The molecule has 0 fully saturated rings. The molecule has 0 bridgehead atoms. The number of nitrogens with zero attached hydrogens (tertiary/aromatic N) is 1. The van der Waals surface area contributed by atoms with E-state index in [2.05, 4.69) is 5.32 Å². The quantitative estimate of drug-likeness (QED) is 0.405. The van der Waals surface area contributed by atoms with E-state index in [1.54, 1.807) is 30.3 Å². The van der Waals surface area contributed by atoms with E-state index in [1.165, 1.54) is 18.2 Å². The van der Waals surface area contributed by atoms with Crippen LogP contribution in [-0.4, -0.2) is 22.8 Å². The van der Waals surface area contributed by atoms with E-state index < -0.39 is 22.8 Å². The number of hydrogen-bond donors (Lipinski definition) is 1. The average Bonchev–Trinajstić information content (AvgIpc) is 2.65. The van der Waals surface area contributed by atoms with Crippen LogP contribution in [0.2, 0.25) is 5.02 Å². The first kappa shape index (κ1) is 21.4. The lowest BCUT2D eigenvalue weighted by molar-refractivity contribution is -0.384. The first-order chi connectivity index (χ1) is 13.3. The molecule has 0 spiro atoms. The molecular formula is C20H21ClN2O5. The molecule has 1 atom stereocenters. The molecule has 148 valence electrons. The minimum Gasteiger partial charge on any atom is -0.459 e. The van der Waals surface area contributed by atoms with Gasteiger partial charge >= 0.3 is 5.97 Å². The fourth-order valence-corrected chi connectivity index (χ4v) is 2.67. The molecule has 0 saturated heterocycles. The number of esters is 1. The van der Waals surface area contributed by atoms with Crippen molar-refractivity contribution >= 4 is 29.2 Å². The first-order valence-corrected chi connectivity index (χ1v) is 9.10. The molecule has 2 rings (SSSR count). The second-order valence-corrected chi connectivity index (χ2v) is 7.13. The summed E-state index contributed by atoms with van der Waals surface area (Å²) in [5.74, 6) is -0.863. The van der Waals surface area contributed by atoms with Gasteiger partial charge in [0.1, 0.15) is 12.6 Å². The maximum Gasteiger partial charge on any atom is 0.328 e. The Morgan fingerprint density at radius 2 is 1.86 bits per heavy atom.